The van der Waals surface area contributed by atoms with Crippen LogP contribution in [0.3, 0.4) is 0 Å². The van der Waals surface area contributed by atoms with Crippen molar-refractivity contribution in [1.82, 2.24) is 5.43 Å². The Bertz CT molecular complexity index is 204. The zero-order chi connectivity index (χ0) is 8.69. The molecule has 0 amide bonds. The minimum absolute atomic E-state index is 0.0456. The lowest BCUT2D eigenvalue weighted by atomic mass is 10.3. The summed E-state index contributed by atoms with van der Waals surface area (Å²) in [5.41, 5.74) is 2.43. The molecule has 0 rings (SSSR count). The molecule has 0 aromatic carbocycles. The van der Waals surface area contributed by atoms with Crippen LogP contribution in [0.4, 0.5) is 0 Å². The van der Waals surface area contributed by atoms with E-state index in [0.29, 0.717) is 0 Å². The Morgan fingerprint density at radius 3 is 2.91 bits per heavy atom. The smallest absolute Gasteiger partial charge is 0.302 e. The molecule has 0 radical (unpaired) electrons. The zero-order valence-corrected chi connectivity index (χ0v) is 6.13. The van der Waals surface area contributed by atoms with Gasteiger partial charge < -0.3 is 10.2 Å². The van der Waals surface area contributed by atoms with Crippen LogP contribution in [0.25, 0.3) is 0 Å². The average molecular weight is 155 g/mol. The fraction of sp³-hybridized carbons (Fsp3) is 0.333. The van der Waals surface area contributed by atoms with Crippen LogP contribution in [0, 0.1) is 11.3 Å². The third kappa shape index (κ3) is 4.93. The third-order valence-electron chi connectivity index (χ3n) is 0.832. The molecule has 3 N–H and O–H groups in total. The van der Waals surface area contributed by atoms with Gasteiger partial charge in [-0.1, -0.05) is 0 Å². The lowest BCUT2D eigenvalue weighted by molar-refractivity contribution is -0.139. The van der Waals surface area contributed by atoms with E-state index in [1.54, 1.807) is 6.07 Å². The Morgan fingerprint density at radius 1 is 1.91 bits per heavy atom. The van der Waals surface area contributed by atoms with Gasteiger partial charge in [-0.25, -0.2) is 0 Å². The number of rotatable bonds is 3. The standard InChI is InChI=1S/C6H9N3O2/c1-5(10)11-4-6(2-7)3-9-8/h3,9H,4,8H2,1H3. The molecule has 0 fully saturated rings. The second-order valence-electron chi connectivity index (χ2n) is 1.73. The van der Waals surface area contributed by atoms with E-state index in [1.165, 1.54) is 13.1 Å². The molecular weight excluding hydrogens is 146 g/mol. The predicted molar refractivity (Wildman–Crippen MR) is 37.7 cm³/mol. The lowest BCUT2D eigenvalue weighted by Crippen LogP contribution is -2.15. The highest BCUT2D eigenvalue weighted by atomic mass is 16.5. The molecule has 0 atom stereocenters. The molecular formula is C6H9N3O2. The number of carbonyl (C=O) groups excluding carboxylic acids is 1. The summed E-state index contributed by atoms with van der Waals surface area (Å²) in [4.78, 5) is 10.3. The Labute approximate surface area is 64.4 Å². The first-order valence-corrected chi connectivity index (χ1v) is 2.89. The number of nitrogens with one attached hydrogen (secondary N) is 1. The summed E-state index contributed by atoms with van der Waals surface area (Å²) in [5, 5.41) is 8.36. The Morgan fingerprint density at radius 2 is 2.55 bits per heavy atom. The number of nitrogens with two attached hydrogens (primary N) is 1. The molecule has 0 saturated carbocycles. The highest BCUT2D eigenvalue weighted by molar-refractivity contribution is 5.66. The molecule has 0 spiro atoms. The highest BCUT2D eigenvalue weighted by Crippen LogP contribution is 1.90. The van der Waals surface area contributed by atoms with Crippen molar-refractivity contribution < 1.29 is 9.53 Å². The van der Waals surface area contributed by atoms with E-state index in [2.05, 4.69) is 10.2 Å². The maximum absolute atomic E-state index is 10.3. The van der Waals surface area contributed by atoms with Gasteiger partial charge in [0.15, 0.2) is 0 Å². The van der Waals surface area contributed by atoms with Gasteiger partial charge in [0.2, 0.25) is 0 Å². The molecule has 0 aliphatic carbocycles. The van der Waals surface area contributed by atoms with Crippen LogP contribution in [-0.4, -0.2) is 12.6 Å². The van der Waals surface area contributed by atoms with Crippen molar-refractivity contribution in [3.05, 3.63) is 11.8 Å². The molecule has 0 unspecified atom stereocenters. The third-order valence-corrected chi connectivity index (χ3v) is 0.832. The van der Waals surface area contributed by atoms with Gasteiger partial charge in [-0.15, -0.1) is 0 Å². The summed E-state index contributed by atoms with van der Waals surface area (Å²) in [5.74, 6) is 4.47. The minimum Gasteiger partial charge on any atom is -0.460 e. The van der Waals surface area contributed by atoms with Gasteiger partial charge in [0.05, 0.1) is 11.6 Å². The number of nitrogens with zero attached hydrogens (tertiary/aromatic N) is 1. The molecule has 0 aromatic rings. The Kier molecular flexibility index (Phi) is 4.52. The largest absolute Gasteiger partial charge is 0.460 e. The number of carbonyl (C=O) groups is 1. The average Bonchev–Trinajstić information content (AvgIpc) is 1.97. The second kappa shape index (κ2) is 5.26. The van der Waals surface area contributed by atoms with Crippen molar-refractivity contribution in [1.29, 1.82) is 5.26 Å². The fourth-order valence-corrected chi connectivity index (χ4v) is 0.386. The first-order chi connectivity index (χ1) is 5.20. The van der Waals surface area contributed by atoms with Crippen LogP contribution >= 0.6 is 0 Å². The van der Waals surface area contributed by atoms with E-state index in [1.807, 2.05) is 0 Å². The summed E-state index contributed by atoms with van der Waals surface area (Å²) < 4.78 is 4.52. The fourth-order valence-electron chi connectivity index (χ4n) is 0.386. The second-order valence-corrected chi connectivity index (χ2v) is 1.73. The van der Waals surface area contributed by atoms with Crippen molar-refractivity contribution in [2.45, 2.75) is 6.92 Å². The number of esters is 1. The maximum atomic E-state index is 10.3. The summed E-state index contributed by atoms with van der Waals surface area (Å²) in [6.45, 7) is 1.22. The van der Waals surface area contributed by atoms with E-state index in [0.717, 1.165) is 0 Å². The van der Waals surface area contributed by atoms with Crippen LogP contribution in [0.15, 0.2) is 11.8 Å². The van der Waals surface area contributed by atoms with E-state index in [4.69, 9.17) is 11.1 Å². The van der Waals surface area contributed by atoms with Crippen LogP contribution < -0.4 is 11.3 Å². The SMILES string of the molecule is CC(=O)OCC(C#N)=CNN. The Balaban J connectivity index is 3.82. The summed E-state index contributed by atoms with van der Waals surface area (Å²) in [6, 6.07) is 1.80. The number of ether oxygens (including phenoxy) is 1. The van der Waals surface area contributed by atoms with E-state index in [9.17, 15) is 4.79 Å². The van der Waals surface area contributed by atoms with Crippen molar-refractivity contribution in [2.75, 3.05) is 6.61 Å². The van der Waals surface area contributed by atoms with E-state index >= 15 is 0 Å². The maximum Gasteiger partial charge on any atom is 0.302 e. The van der Waals surface area contributed by atoms with Crippen molar-refractivity contribution in [3.63, 3.8) is 0 Å². The summed E-state index contributed by atoms with van der Waals surface area (Å²) in [6.07, 6.45) is 1.27. The number of hydrazine groups is 1. The quantitative estimate of drug-likeness (QED) is 0.246. The number of nitriles is 1. The molecule has 60 valence electrons. The van der Waals surface area contributed by atoms with Gasteiger partial charge in [-0.2, -0.15) is 5.26 Å². The molecule has 0 bridgehead atoms. The summed E-state index contributed by atoms with van der Waals surface area (Å²) >= 11 is 0. The minimum atomic E-state index is -0.428. The molecule has 0 aliphatic rings. The zero-order valence-electron chi connectivity index (χ0n) is 6.13. The van der Waals surface area contributed by atoms with E-state index < -0.39 is 5.97 Å². The van der Waals surface area contributed by atoms with Crippen molar-refractivity contribution in [3.8, 4) is 6.07 Å². The van der Waals surface area contributed by atoms with Gasteiger partial charge in [0, 0.05) is 13.1 Å². The first-order valence-electron chi connectivity index (χ1n) is 2.89. The van der Waals surface area contributed by atoms with Crippen LogP contribution in [0.5, 0.6) is 0 Å². The lowest BCUT2D eigenvalue weighted by Gasteiger charge is -1.98. The summed E-state index contributed by atoms with van der Waals surface area (Å²) in [7, 11) is 0. The van der Waals surface area contributed by atoms with Crippen LogP contribution in [0.1, 0.15) is 6.92 Å². The number of hydrogen-bond acceptors (Lipinski definition) is 5. The van der Waals surface area contributed by atoms with Crippen molar-refractivity contribution >= 4 is 5.97 Å². The normalized spacial score (nSPS) is 10.1. The molecule has 5 heteroatoms. The molecule has 0 aliphatic heterocycles. The topological polar surface area (TPSA) is 88.1 Å². The molecule has 0 saturated heterocycles. The number of hydrogen-bond donors (Lipinski definition) is 2. The van der Waals surface area contributed by atoms with Crippen LogP contribution in [-0.2, 0) is 9.53 Å². The monoisotopic (exact) mass is 155 g/mol. The van der Waals surface area contributed by atoms with Gasteiger partial charge in [0.1, 0.15) is 6.61 Å². The van der Waals surface area contributed by atoms with Gasteiger partial charge in [-0.05, 0) is 0 Å². The van der Waals surface area contributed by atoms with Gasteiger partial charge in [0.25, 0.3) is 0 Å². The highest BCUT2D eigenvalue weighted by Gasteiger charge is 1.97. The Hall–Kier alpha value is -1.54. The molecule has 0 heterocycles. The van der Waals surface area contributed by atoms with Gasteiger partial charge in [-0.3, -0.25) is 10.6 Å². The first kappa shape index (κ1) is 9.46. The van der Waals surface area contributed by atoms with Crippen LogP contribution in [0.2, 0.25) is 0 Å². The molecule has 5 nitrogen and oxygen atoms in total. The van der Waals surface area contributed by atoms with Crippen molar-refractivity contribution in [2.24, 2.45) is 5.84 Å². The molecule has 0 aromatic heterocycles. The molecule has 11 heavy (non-hydrogen) atoms. The van der Waals surface area contributed by atoms with E-state index in [-0.39, 0.29) is 12.2 Å². The predicted octanol–water partition coefficient (Wildman–Crippen LogP) is -0.580. The van der Waals surface area contributed by atoms with Gasteiger partial charge >= 0.3 is 5.97 Å².